The van der Waals surface area contributed by atoms with Crippen molar-refractivity contribution >= 4 is 17.9 Å². The number of hydrogen-bond donors (Lipinski definition) is 2. The molecule has 0 aliphatic carbocycles. The van der Waals surface area contributed by atoms with Crippen LogP contribution in [0.1, 0.15) is 47.8 Å². The van der Waals surface area contributed by atoms with Gasteiger partial charge in [0, 0.05) is 0 Å². The number of carbonyl (C=O) groups is 3. The monoisotopic (exact) mass is 588 g/mol. The van der Waals surface area contributed by atoms with Gasteiger partial charge < -0.3 is 14.9 Å². The van der Waals surface area contributed by atoms with Crippen LogP contribution in [0.15, 0.2) is 121 Å². The predicted octanol–water partition coefficient (Wildman–Crippen LogP) is 7.42. The number of rotatable bonds is 12. The maximum atomic E-state index is 12.9. The lowest BCUT2D eigenvalue weighted by Crippen LogP contribution is -2.12. The van der Waals surface area contributed by atoms with E-state index in [1.54, 1.807) is 48.5 Å². The van der Waals surface area contributed by atoms with E-state index in [-0.39, 0.29) is 36.5 Å². The van der Waals surface area contributed by atoms with Crippen LogP contribution < -0.4 is 0 Å². The molecule has 0 fully saturated rings. The van der Waals surface area contributed by atoms with Crippen molar-refractivity contribution in [3.05, 3.63) is 155 Å². The molecular formula is C36H28O8. The van der Waals surface area contributed by atoms with Gasteiger partial charge in [0.2, 0.25) is 0 Å². The number of benzene rings is 5. The van der Waals surface area contributed by atoms with Gasteiger partial charge in [0.25, 0.3) is 0 Å². The van der Waals surface area contributed by atoms with E-state index in [0.29, 0.717) is 16.7 Å². The molecule has 44 heavy (non-hydrogen) atoms. The molecule has 8 heteroatoms. The normalized spacial score (nSPS) is 10.7. The topological polar surface area (TPSA) is 119 Å². The first-order chi connectivity index (χ1) is 21.4. The Morgan fingerprint density at radius 2 is 0.977 bits per heavy atom. The molecule has 0 amide bonds. The lowest BCUT2D eigenvalue weighted by molar-refractivity contribution is -0.313. The van der Waals surface area contributed by atoms with Crippen molar-refractivity contribution in [1.82, 2.24) is 0 Å². The van der Waals surface area contributed by atoms with Crippen LogP contribution in [0, 0.1) is 0 Å². The highest BCUT2D eigenvalue weighted by Crippen LogP contribution is 2.25. The SMILES string of the molecule is O=C(O)c1ccc(-c2ccccc2)cc1COOCc1ccc(COC(=O)c2cc(-c3ccccc3)ccc2C(=O)O)cc1. The Labute approximate surface area is 253 Å². The van der Waals surface area contributed by atoms with Gasteiger partial charge in [0.1, 0.15) is 19.8 Å². The van der Waals surface area contributed by atoms with Crippen molar-refractivity contribution in [3.63, 3.8) is 0 Å². The average Bonchev–Trinajstić information content (AvgIpc) is 3.06. The quantitative estimate of drug-likeness (QED) is 0.0669. The van der Waals surface area contributed by atoms with Gasteiger partial charge in [-0.3, -0.25) is 0 Å². The fourth-order valence-electron chi connectivity index (χ4n) is 4.61. The molecule has 0 saturated heterocycles. The molecule has 220 valence electrons. The van der Waals surface area contributed by atoms with Crippen molar-refractivity contribution in [2.75, 3.05) is 0 Å². The van der Waals surface area contributed by atoms with Crippen LogP contribution in [0.2, 0.25) is 0 Å². The molecule has 5 aromatic rings. The Balaban J connectivity index is 1.16. The molecule has 0 unspecified atom stereocenters. The second-order valence-corrected chi connectivity index (χ2v) is 9.89. The lowest BCUT2D eigenvalue weighted by Gasteiger charge is -2.11. The van der Waals surface area contributed by atoms with E-state index in [1.807, 2.05) is 60.7 Å². The standard InChI is InChI=1S/C36H28O8/c37-34(38)31-17-15-28(26-7-3-1-4-8-26)19-30(31)23-44-43-22-25-13-11-24(12-14-25)21-42-36(41)33-20-29(16-18-32(33)35(39)40)27-9-5-2-6-10-27/h1-20H,21-23H2,(H,37,38)(H,39,40). The van der Waals surface area contributed by atoms with Crippen LogP contribution in [-0.4, -0.2) is 28.1 Å². The van der Waals surface area contributed by atoms with E-state index in [1.165, 1.54) is 12.1 Å². The molecule has 0 aromatic heterocycles. The van der Waals surface area contributed by atoms with Crippen molar-refractivity contribution in [3.8, 4) is 22.3 Å². The van der Waals surface area contributed by atoms with E-state index < -0.39 is 17.9 Å². The minimum Gasteiger partial charge on any atom is -0.478 e. The Hall–Kier alpha value is -5.57. The van der Waals surface area contributed by atoms with Crippen LogP contribution in [0.5, 0.6) is 0 Å². The van der Waals surface area contributed by atoms with Gasteiger partial charge in [-0.05, 0) is 63.2 Å². The Morgan fingerprint density at radius 3 is 1.55 bits per heavy atom. The van der Waals surface area contributed by atoms with E-state index in [9.17, 15) is 24.6 Å². The molecule has 0 saturated carbocycles. The van der Waals surface area contributed by atoms with E-state index in [2.05, 4.69) is 0 Å². The number of ether oxygens (including phenoxy) is 1. The molecular weight excluding hydrogens is 560 g/mol. The predicted molar refractivity (Wildman–Crippen MR) is 163 cm³/mol. The first-order valence-corrected chi connectivity index (χ1v) is 13.7. The summed E-state index contributed by atoms with van der Waals surface area (Å²) in [6.45, 7) is -0.00391. The summed E-state index contributed by atoms with van der Waals surface area (Å²) in [5.74, 6) is -3.01. The van der Waals surface area contributed by atoms with Gasteiger partial charge in [0.15, 0.2) is 0 Å². The summed E-state index contributed by atoms with van der Waals surface area (Å²) in [6.07, 6.45) is 0. The first-order valence-electron chi connectivity index (χ1n) is 13.7. The second-order valence-electron chi connectivity index (χ2n) is 9.89. The molecule has 5 rings (SSSR count). The summed E-state index contributed by atoms with van der Waals surface area (Å²) in [6, 6.07) is 35.7. The highest BCUT2D eigenvalue weighted by Gasteiger charge is 2.19. The summed E-state index contributed by atoms with van der Waals surface area (Å²) in [4.78, 5) is 47.0. The second kappa shape index (κ2) is 14.1. The first kappa shape index (κ1) is 29.9. The van der Waals surface area contributed by atoms with Gasteiger partial charge in [-0.15, -0.1) is 0 Å². The van der Waals surface area contributed by atoms with Gasteiger partial charge in [-0.2, -0.15) is 0 Å². The van der Waals surface area contributed by atoms with Gasteiger partial charge in [0.05, 0.1) is 16.7 Å². The minimum absolute atomic E-state index is 0.0265. The Morgan fingerprint density at radius 1 is 0.477 bits per heavy atom. The highest BCUT2D eigenvalue weighted by molar-refractivity contribution is 6.03. The molecule has 0 bridgehead atoms. The summed E-state index contributed by atoms with van der Waals surface area (Å²) >= 11 is 0. The van der Waals surface area contributed by atoms with Gasteiger partial charge >= 0.3 is 17.9 Å². The Kier molecular flexibility index (Phi) is 9.56. The third-order valence-corrected chi connectivity index (χ3v) is 6.94. The molecule has 0 aliphatic heterocycles. The largest absolute Gasteiger partial charge is 0.478 e. The van der Waals surface area contributed by atoms with Crippen LogP contribution in [0.3, 0.4) is 0 Å². The summed E-state index contributed by atoms with van der Waals surface area (Å²) in [5.41, 5.74) is 5.31. The number of carbonyl (C=O) groups excluding carboxylic acids is 1. The van der Waals surface area contributed by atoms with Crippen LogP contribution in [-0.2, 0) is 34.3 Å². The maximum absolute atomic E-state index is 12.9. The summed E-state index contributed by atoms with van der Waals surface area (Å²) in [5, 5.41) is 19.2. The number of carboxylic acids is 2. The lowest BCUT2D eigenvalue weighted by atomic mass is 9.99. The maximum Gasteiger partial charge on any atom is 0.339 e. The number of carboxylic acid groups (broad SMARTS) is 2. The molecule has 5 aromatic carbocycles. The zero-order valence-electron chi connectivity index (χ0n) is 23.5. The zero-order valence-corrected chi connectivity index (χ0v) is 23.5. The third kappa shape index (κ3) is 7.43. The molecule has 2 N–H and O–H groups in total. The van der Waals surface area contributed by atoms with Crippen molar-refractivity contribution < 1.29 is 39.1 Å². The van der Waals surface area contributed by atoms with Gasteiger partial charge in [-0.1, -0.05) is 97.1 Å². The average molecular weight is 589 g/mol. The fraction of sp³-hybridized carbons (Fsp3) is 0.0833. The Bertz CT molecular complexity index is 1760. The zero-order chi connectivity index (χ0) is 30.9. The van der Waals surface area contributed by atoms with Crippen molar-refractivity contribution in [2.45, 2.75) is 19.8 Å². The fourth-order valence-corrected chi connectivity index (χ4v) is 4.61. The molecule has 0 atom stereocenters. The molecule has 8 nitrogen and oxygen atoms in total. The number of hydrogen-bond acceptors (Lipinski definition) is 6. The molecule has 0 radical (unpaired) electrons. The molecule has 0 heterocycles. The van der Waals surface area contributed by atoms with Crippen LogP contribution >= 0.6 is 0 Å². The summed E-state index contributed by atoms with van der Waals surface area (Å²) < 4.78 is 5.45. The van der Waals surface area contributed by atoms with E-state index in [4.69, 9.17) is 14.5 Å². The number of aromatic carboxylic acids is 2. The van der Waals surface area contributed by atoms with E-state index in [0.717, 1.165) is 22.3 Å². The van der Waals surface area contributed by atoms with Crippen LogP contribution in [0.4, 0.5) is 0 Å². The smallest absolute Gasteiger partial charge is 0.339 e. The third-order valence-electron chi connectivity index (χ3n) is 6.94. The molecule has 0 spiro atoms. The van der Waals surface area contributed by atoms with Crippen LogP contribution in [0.25, 0.3) is 22.3 Å². The number of esters is 1. The highest BCUT2D eigenvalue weighted by atomic mass is 17.2. The summed E-state index contributed by atoms with van der Waals surface area (Å²) in [7, 11) is 0. The molecule has 0 aliphatic rings. The van der Waals surface area contributed by atoms with E-state index >= 15 is 0 Å². The van der Waals surface area contributed by atoms with Crippen molar-refractivity contribution in [2.24, 2.45) is 0 Å². The minimum atomic E-state index is -1.22. The van der Waals surface area contributed by atoms with Gasteiger partial charge in [-0.25, -0.2) is 24.2 Å². The van der Waals surface area contributed by atoms with Crippen molar-refractivity contribution in [1.29, 1.82) is 0 Å².